The number of alkyl halides is 6. The van der Waals surface area contributed by atoms with Gasteiger partial charge in [0.15, 0.2) is 0 Å². The molecule has 0 unspecified atom stereocenters. The third-order valence-electron chi connectivity index (χ3n) is 2.63. The molecule has 0 bridgehead atoms. The molecule has 0 aromatic heterocycles. The van der Waals surface area contributed by atoms with Crippen molar-refractivity contribution in [3.05, 3.63) is 35.4 Å². The predicted octanol–water partition coefficient (Wildman–Crippen LogP) is 2.82. The van der Waals surface area contributed by atoms with Crippen LogP contribution in [0.15, 0.2) is 24.3 Å². The van der Waals surface area contributed by atoms with Crippen molar-refractivity contribution in [1.82, 2.24) is 10.2 Å². The second-order valence-corrected chi connectivity index (χ2v) is 4.76. The number of hydrogen-bond donors (Lipinski definition) is 1. The predicted molar refractivity (Wildman–Crippen MR) is 66.8 cm³/mol. The molecule has 1 rings (SSSR count). The molecule has 0 fully saturated rings. The van der Waals surface area contributed by atoms with E-state index in [1.165, 1.54) is 24.1 Å². The van der Waals surface area contributed by atoms with Gasteiger partial charge in [-0.2, -0.15) is 26.3 Å². The number of benzene rings is 1. The minimum atomic E-state index is -4.48. The first-order valence-electron chi connectivity index (χ1n) is 6.15. The smallest absolute Gasteiger partial charge is 0.346 e. The molecule has 0 aliphatic heterocycles. The Balaban J connectivity index is 2.48. The topological polar surface area (TPSA) is 32.3 Å². The van der Waals surface area contributed by atoms with E-state index in [0.29, 0.717) is 5.56 Å². The van der Waals surface area contributed by atoms with Crippen molar-refractivity contribution in [2.45, 2.75) is 18.9 Å². The van der Waals surface area contributed by atoms with Gasteiger partial charge in [-0.3, -0.25) is 9.69 Å². The Bertz CT molecular complexity index is 495. The van der Waals surface area contributed by atoms with E-state index in [1.54, 1.807) is 5.32 Å². The van der Waals surface area contributed by atoms with Crippen LogP contribution in [0.1, 0.15) is 11.1 Å². The molecule has 0 heterocycles. The molecule has 0 saturated carbocycles. The minimum absolute atomic E-state index is 0.136. The van der Waals surface area contributed by atoms with E-state index in [0.717, 1.165) is 12.1 Å². The maximum Gasteiger partial charge on any atom is 0.416 e. The van der Waals surface area contributed by atoms with Crippen molar-refractivity contribution < 1.29 is 31.1 Å². The molecule has 1 aromatic carbocycles. The highest BCUT2D eigenvalue weighted by Gasteiger charge is 2.30. The van der Waals surface area contributed by atoms with E-state index in [2.05, 4.69) is 0 Å². The highest BCUT2D eigenvalue weighted by molar-refractivity contribution is 5.78. The van der Waals surface area contributed by atoms with Crippen molar-refractivity contribution in [2.24, 2.45) is 0 Å². The van der Waals surface area contributed by atoms with Gasteiger partial charge in [0.2, 0.25) is 5.91 Å². The molecule has 0 atom stereocenters. The van der Waals surface area contributed by atoms with Crippen molar-refractivity contribution in [3.63, 3.8) is 0 Å². The van der Waals surface area contributed by atoms with Crippen molar-refractivity contribution >= 4 is 5.91 Å². The molecule has 124 valence electrons. The lowest BCUT2D eigenvalue weighted by molar-refractivity contribution is -0.138. The van der Waals surface area contributed by atoms with Crippen LogP contribution in [0, 0.1) is 0 Å². The van der Waals surface area contributed by atoms with E-state index in [-0.39, 0.29) is 13.1 Å². The molecule has 0 spiro atoms. The first kappa shape index (κ1) is 18.3. The van der Waals surface area contributed by atoms with Gasteiger partial charge < -0.3 is 5.32 Å². The molecule has 0 aliphatic carbocycles. The highest BCUT2D eigenvalue weighted by Crippen LogP contribution is 2.29. The van der Waals surface area contributed by atoms with Gasteiger partial charge in [-0.1, -0.05) is 12.1 Å². The van der Waals surface area contributed by atoms with Crippen LogP contribution in [0.2, 0.25) is 0 Å². The SMILES string of the molecule is CN(CC(=O)NCC(F)(F)F)Cc1ccc(C(F)(F)F)cc1. The van der Waals surface area contributed by atoms with E-state index in [4.69, 9.17) is 0 Å². The summed E-state index contributed by atoms with van der Waals surface area (Å²) in [5, 5.41) is 1.71. The highest BCUT2D eigenvalue weighted by atomic mass is 19.4. The Labute approximate surface area is 122 Å². The van der Waals surface area contributed by atoms with Gasteiger partial charge in [-0.05, 0) is 24.7 Å². The van der Waals surface area contributed by atoms with Gasteiger partial charge in [0.1, 0.15) is 6.54 Å². The first-order chi connectivity index (χ1) is 9.97. The third-order valence-corrected chi connectivity index (χ3v) is 2.63. The van der Waals surface area contributed by atoms with Crippen LogP contribution in [0.5, 0.6) is 0 Å². The maximum absolute atomic E-state index is 12.4. The fourth-order valence-electron chi connectivity index (χ4n) is 1.67. The fourth-order valence-corrected chi connectivity index (χ4v) is 1.67. The molecular weight excluding hydrogens is 314 g/mol. The summed E-state index contributed by atoms with van der Waals surface area (Å²) in [6.45, 7) is -1.57. The zero-order chi connectivity index (χ0) is 17.0. The van der Waals surface area contributed by atoms with Gasteiger partial charge in [0, 0.05) is 6.54 Å². The second kappa shape index (κ2) is 6.99. The average molecular weight is 328 g/mol. The lowest BCUT2D eigenvalue weighted by atomic mass is 10.1. The van der Waals surface area contributed by atoms with Crippen LogP contribution < -0.4 is 5.32 Å². The number of hydrogen-bond acceptors (Lipinski definition) is 2. The van der Waals surface area contributed by atoms with Crippen LogP contribution in [0.25, 0.3) is 0 Å². The van der Waals surface area contributed by atoms with Gasteiger partial charge in [0.25, 0.3) is 0 Å². The summed E-state index contributed by atoms with van der Waals surface area (Å²) >= 11 is 0. The van der Waals surface area contributed by atoms with E-state index in [1.807, 2.05) is 0 Å². The monoisotopic (exact) mass is 328 g/mol. The number of amides is 1. The standard InChI is InChI=1S/C13H14F6N2O/c1-21(7-11(22)20-8-12(14,15)16)6-9-2-4-10(5-3-9)13(17,18)19/h2-5H,6-8H2,1H3,(H,20,22). The lowest BCUT2D eigenvalue weighted by Crippen LogP contribution is -2.39. The van der Waals surface area contributed by atoms with Crippen molar-refractivity contribution in [3.8, 4) is 0 Å². The van der Waals surface area contributed by atoms with Gasteiger partial charge in [-0.25, -0.2) is 0 Å². The summed E-state index contributed by atoms with van der Waals surface area (Å²) in [5.41, 5.74) is -0.277. The summed E-state index contributed by atoms with van der Waals surface area (Å²) in [6.07, 6.45) is -8.91. The second-order valence-electron chi connectivity index (χ2n) is 4.76. The first-order valence-corrected chi connectivity index (χ1v) is 6.15. The Hall–Kier alpha value is -1.77. The molecule has 0 saturated heterocycles. The summed E-state index contributed by atoms with van der Waals surface area (Å²) in [7, 11) is 1.48. The molecular formula is C13H14F6N2O. The summed E-state index contributed by atoms with van der Waals surface area (Å²) < 4.78 is 72.9. The van der Waals surface area contributed by atoms with Crippen molar-refractivity contribution in [1.29, 1.82) is 0 Å². The number of nitrogens with zero attached hydrogens (tertiary/aromatic N) is 1. The van der Waals surface area contributed by atoms with Crippen LogP contribution in [-0.2, 0) is 17.5 Å². The zero-order valence-corrected chi connectivity index (χ0v) is 11.6. The number of carbonyl (C=O) groups excluding carboxylic acids is 1. The Morgan fingerprint density at radius 1 is 1.09 bits per heavy atom. The molecule has 1 aromatic rings. The molecule has 9 heteroatoms. The molecule has 0 radical (unpaired) electrons. The normalized spacial score (nSPS) is 12.5. The number of nitrogens with one attached hydrogen (secondary N) is 1. The van der Waals surface area contributed by atoms with Gasteiger partial charge >= 0.3 is 12.4 Å². The quantitative estimate of drug-likeness (QED) is 0.843. The van der Waals surface area contributed by atoms with Crippen molar-refractivity contribution in [2.75, 3.05) is 20.1 Å². The van der Waals surface area contributed by atoms with Crippen LogP contribution >= 0.6 is 0 Å². The zero-order valence-electron chi connectivity index (χ0n) is 11.6. The molecule has 1 amide bonds. The Morgan fingerprint density at radius 2 is 1.64 bits per heavy atom. The van der Waals surface area contributed by atoms with Gasteiger partial charge in [-0.15, -0.1) is 0 Å². The van der Waals surface area contributed by atoms with Crippen LogP contribution in [-0.4, -0.2) is 37.1 Å². The fraction of sp³-hybridized carbons (Fsp3) is 0.462. The Kier molecular flexibility index (Phi) is 5.81. The van der Waals surface area contributed by atoms with E-state index in [9.17, 15) is 31.1 Å². The number of halogens is 6. The largest absolute Gasteiger partial charge is 0.416 e. The lowest BCUT2D eigenvalue weighted by Gasteiger charge is -2.17. The molecule has 22 heavy (non-hydrogen) atoms. The number of likely N-dealkylation sites (N-methyl/N-ethyl adjacent to an activating group) is 1. The Morgan fingerprint density at radius 3 is 2.09 bits per heavy atom. The summed E-state index contributed by atoms with van der Waals surface area (Å²) in [4.78, 5) is 12.7. The number of carbonyl (C=O) groups is 1. The molecule has 3 nitrogen and oxygen atoms in total. The van der Waals surface area contributed by atoms with Gasteiger partial charge in [0.05, 0.1) is 12.1 Å². The molecule has 1 N–H and O–H groups in total. The summed E-state index contributed by atoms with van der Waals surface area (Å²) in [6, 6.07) is 4.33. The average Bonchev–Trinajstić information content (AvgIpc) is 2.35. The maximum atomic E-state index is 12.4. The van der Waals surface area contributed by atoms with E-state index < -0.39 is 30.4 Å². The summed E-state index contributed by atoms with van der Waals surface area (Å²) in [5.74, 6) is -0.813. The number of rotatable bonds is 5. The van der Waals surface area contributed by atoms with Crippen LogP contribution in [0.4, 0.5) is 26.3 Å². The third kappa shape index (κ3) is 6.79. The minimum Gasteiger partial charge on any atom is -0.346 e. The van der Waals surface area contributed by atoms with E-state index >= 15 is 0 Å². The molecule has 0 aliphatic rings. The van der Waals surface area contributed by atoms with Crippen LogP contribution in [0.3, 0.4) is 0 Å².